The molecule has 0 heterocycles. The van der Waals surface area contributed by atoms with Crippen molar-refractivity contribution in [1.29, 1.82) is 0 Å². The Kier molecular flexibility index (Phi) is 7.41. The van der Waals surface area contributed by atoms with E-state index in [4.69, 9.17) is 4.74 Å². The number of benzene rings is 4. The molecule has 4 rings (SSSR count). The molecule has 0 aliphatic heterocycles. The molecule has 1 amide bonds. The molecule has 0 saturated heterocycles. The van der Waals surface area contributed by atoms with Gasteiger partial charge in [-0.05, 0) is 6.07 Å². The quantitative estimate of drug-likeness (QED) is 0.249. The van der Waals surface area contributed by atoms with Crippen LogP contribution in [0.1, 0.15) is 36.1 Å². The number of carbonyl (C=O) groups is 1. The van der Waals surface area contributed by atoms with E-state index in [9.17, 15) is 4.79 Å². The molecule has 4 nitrogen and oxygen atoms in total. The Balaban J connectivity index is 1.80. The third-order valence-electron chi connectivity index (χ3n) is 5.79. The number of para-hydroxylation sites is 1. The Hall–Kier alpha value is -3.89. The largest absolute Gasteiger partial charge is 0.473 e. The Morgan fingerprint density at radius 2 is 1.15 bits per heavy atom. The van der Waals surface area contributed by atoms with Gasteiger partial charge >= 0.3 is 0 Å². The minimum Gasteiger partial charge on any atom is -0.473 e. The summed E-state index contributed by atoms with van der Waals surface area (Å²) in [4.78, 5) is 12.0. The van der Waals surface area contributed by atoms with Crippen LogP contribution in [-0.2, 0) is 16.9 Å². The first kappa shape index (κ1) is 23.3. The molecule has 0 aliphatic carbocycles. The van der Waals surface area contributed by atoms with Gasteiger partial charge < -0.3 is 4.74 Å². The number of hydrogen-bond donors (Lipinski definition) is 2. The minimum absolute atomic E-state index is 0.0504. The molecule has 0 aromatic heterocycles. The Morgan fingerprint density at radius 3 is 1.62 bits per heavy atom. The predicted octanol–water partition coefficient (Wildman–Crippen LogP) is 5.83. The molecule has 0 saturated carbocycles. The Labute approximate surface area is 201 Å². The normalized spacial score (nSPS) is 11.3. The highest BCUT2D eigenvalue weighted by molar-refractivity contribution is 5.77. The molecule has 4 aromatic carbocycles. The van der Waals surface area contributed by atoms with Gasteiger partial charge in [-0.15, -0.1) is 0 Å². The smallest absolute Gasteiger partial charge is 0.236 e. The number of carbonyl (C=O) groups excluding carboxylic acids is 1. The van der Waals surface area contributed by atoms with Crippen molar-refractivity contribution in [2.24, 2.45) is 5.92 Å². The summed E-state index contributed by atoms with van der Waals surface area (Å²) in [5, 5.41) is 0. The number of amides is 1. The Bertz CT molecular complexity index is 1100. The lowest BCUT2D eigenvalue weighted by Gasteiger charge is -2.37. The molecular weight excluding hydrogens is 420 g/mol. The van der Waals surface area contributed by atoms with E-state index in [1.54, 1.807) is 0 Å². The van der Waals surface area contributed by atoms with Crippen LogP contribution in [0.3, 0.4) is 0 Å². The summed E-state index contributed by atoms with van der Waals surface area (Å²) in [6.07, 6.45) is 0. The van der Waals surface area contributed by atoms with Gasteiger partial charge in [-0.1, -0.05) is 123 Å². The lowest BCUT2D eigenvalue weighted by molar-refractivity contribution is -0.125. The summed E-state index contributed by atoms with van der Waals surface area (Å²) in [5.41, 5.74) is 9.00. The van der Waals surface area contributed by atoms with Crippen molar-refractivity contribution < 1.29 is 9.53 Å². The molecule has 34 heavy (non-hydrogen) atoms. The van der Waals surface area contributed by atoms with Gasteiger partial charge in [0.05, 0.1) is 0 Å². The van der Waals surface area contributed by atoms with Gasteiger partial charge in [-0.3, -0.25) is 10.2 Å². The number of rotatable bonds is 9. The summed E-state index contributed by atoms with van der Waals surface area (Å²) in [6, 6.07) is 38.8. The molecule has 4 heteroatoms. The first-order valence-electron chi connectivity index (χ1n) is 11.6. The van der Waals surface area contributed by atoms with Crippen molar-refractivity contribution in [3.63, 3.8) is 0 Å². The third-order valence-corrected chi connectivity index (χ3v) is 5.79. The summed E-state index contributed by atoms with van der Waals surface area (Å²) < 4.78 is 7.04. The maximum atomic E-state index is 12.0. The first-order chi connectivity index (χ1) is 16.6. The second-order valence-electron chi connectivity index (χ2n) is 8.49. The van der Waals surface area contributed by atoms with E-state index < -0.39 is 5.60 Å². The lowest BCUT2D eigenvalue weighted by atomic mass is 9.80. The molecule has 0 radical (unpaired) electrons. The number of ether oxygens (including phenoxy) is 1. The molecule has 0 fully saturated rings. The van der Waals surface area contributed by atoms with E-state index in [1.165, 1.54) is 0 Å². The van der Waals surface area contributed by atoms with Crippen LogP contribution in [0.5, 0.6) is 5.75 Å². The number of hydrogen-bond acceptors (Lipinski definition) is 3. The fraction of sp³-hybridized carbons (Fsp3) is 0.167. The summed E-state index contributed by atoms with van der Waals surface area (Å²) in [5.74, 6) is 0.594. The van der Waals surface area contributed by atoms with Crippen LogP contribution < -0.4 is 15.6 Å². The average Bonchev–Trinajstić information content (AvgIpc) is 2.89. The zero-order valence-corrected chi connectivity index (χ0v) is 19.6. The van der Waals surface area contributed by atoms with Crippen molar-refractivity contribution in [2.45, 2.75) is 26.0 Å². The molecule has 0 atom stereocenters. The first-order valence-corrected chi connectivity index (χ1v) is 11.6. The van der Waals surface area contributed by atoms with Gasteiger partial charge in [0, 0.05) is 34.7 Å². The molecular formula is C30H30N2O2. The second kappa shape index (κ2) is 10.8. The maximum absolute atomic E-state index is 12.0. The van der Waals surface area contributed by atoms with E-state index in [0.29, 0.717) is 6.54 Å². The van der Waals surface area contributed by atoms with E-state index in [-0.39, 0.29) is 11.8 Å². The minimum atomic E-state index is -0.860. The van der Waals surface area contributed by atoms with Crippen LogP contribution in [0.4, 0.5) is 0 Å². The molecule has 172 valence electrons. The zero-order valence-electron chi connectivity index (χ0n) is 19.6. The molecule has 0 aliphatic rings. The van der Waals surface area contributed by atoms with Crippen LogP contribution in [0.25, 0.3) is 0 Å². The van der Waals surface area contributed by atoms with Gasteiger partial charge in [-0.25, -0.2) is 5.43 Å². The van der Waals surface area contributed by atoms with Crippen molar-refractivity contribution in [3.05, 3.63) is 138 Å². The van der Waals surface area contributed by atoms with E-state index in [2.05, 4.69) is 47.2 Å². The van der Waals surface area contributed by atoms with Gasteiger partial charge in [0.15, 0.2) is 5.60 Å². The van der Waals surface area contributed by atoms with Gasteiger partial charge in [0.25, 0.3) is 0 Å². The van der Waals surface area contributed by atoms with Crippen molar-refractivity contribution in [1.82, 2.24) is 10.9 Å². The van der Waals surface area contributed by atoms with E-state index in [1.807, 2.05) is 92.7 Å². The summed E-state index contributed by atoms with van der Waals surface area (Å²) in [6.45, 7) is 4.16. The SMILES string of the molecule is CC(C)C(=O)NNCc1ccccc1OC(c1ccccc1)(c1ccccc1)c1ccccc1. The summed E-state index contributed by atoms with van der Waals surface area (Å²) in [7, 11) is 0. The molecule has 0 unspecified atom stereocenters. The highest BCUT2D eigenvalue weighted by Gasteiger charge is 2.39. The van der Waals surface area contributed by atoms with Crippen LogP contribution in [0.15, 0.2) is 115 Å². The van der Waals surface area contributed by atoms with Crippen molar-refractivity contribution in [2.75, 3.05) is 0 Å². The van der Waals surface area contributed by atoms with Crippen molar-refractivity contribution >= 4 is 5.91 Å². The van der Waals surface area contributed by atoms with E-state index >= 15 is 0 Å². The second-order valence-corrected chi connectivity index (χ2v) is 8.49. The van der Waals surface area contributed by atoms with Gasteiger partial charge in [0.2, 0.25) is 5.91 Å². The molecule has 2 N–H and O–H groups in total. The monoisotopic (exact) mass is 450 g/mol. The van der Waals surface area contributed by atoms with Crippen LogP contribution >= 0.6 is 0 Å². The standard InChI is InChI=1S/C30H30N2O2/c1-23(2)29(33)32-31-22-24-14-12-13-21-28(24)34-30(25-15-6-3-7-16-25,26-17-8-4-9-18-26)27-19-10-5-11-20-27/h3-21,23,31H,22H2,1-2H3,(H,32,33). The highest BCUT2D eigenvalue weighted by atomic mass is 16.5. The van der Waals surface area contributed by atoms with Crippen LogP contribution in [0.2, 0.25) is 0 Å². The molecule has 4 aromatic rings. The lowest BCUT2D eigenvalue weighted by Crippen LogP contribution is -2.40. The highest BCUT2D eigenvalue weighted by Crippen LogP contribution is 2.41. The average molecular weight is 451 g/mol. The Morgan fingerprint density at radius 1 is 0.706 bits per heavy atom. The van der Waals surface area contributed by atoms with Crippen LogP contribution in [0, 0.1) is 5.92 Å². The summed E-state index contributed by atoms with van der Waals surface area (Å²) >= 11 is 0. The van der Waals surface area contributed by atoms with Crippen molar-refractivity contribution in [3.8, 4) is 5.75 Å². The molecule has 0 bridgehead atoms. The number of nitrogens with one attached hydrogen (secondary N) is 2. The maximum Gasteiger partial charge on any atom is 0.236 e. The fourth-order valence-corrected chi connectivity index (χ4v) is 3.98. The molecule has 0 spiro atoms. The van der Waals surface area contributed by atoms with E-state index in [0.717, 1.165) is 28.0 Å². The predicted molar refractivity (Wildman–Crippen MR) is 136 cm³/mol. The third kappa shape index (κ3) is 5.03. The zero-order chi connectivity index (χ0) is 23.8. The van der Waals surface area contributed by atoms with Gasteiger partial charge in [-0.2, -0.15) is 0 Å². The number of hydrazine groups is 1. The topological polar surface area (TPSA) is 50.4 Å². The van der Waals surface area contributed by atoms with Gasteiger partial charge in [0.1, 0.15) is 5.75 Å². The fourth-order valence-electron chi connectivity index (χ4n) is 3.98. The van der Waals surface area contributed by atoms with Crippen LogP contribution in [-0.4, -0.2) is 5.91 Å².